The van der Waals surface area contributed by atoms with Crippen LogP contribution in [0.5, 0.6) is 0 Å². The molecular formula is C22H32N6. The molecule has 3 heterocycles. The van der Waals surface area contributed by atoms with Crippen molar-refractivity contribution in [1.29, 1.82) is 5.26 Å². The van der Waals surface area contributed by atoms with E-state index < -0.39 is 0 Å². The SMILES string of the molecule is CC(C)(C)Cn1c(CN2CCN(C3CCCC3)CC2)cc2cnc(C#N)nc21. The third-order valence-electron chi connectivity index (χ3n) is 6.09. The van der Waals surface area contributed by atoms with E-state index in [1.54, 1.807) is 6.20 Å². The van der Waals surface area contributed by atoms with Crippen LogP contribution >= 0.6 is 0 Å². The van der Waals surface area contributed by atoms with E-state index >= 15 is 0 Å². The molecule has 0 bridgehead atoms. The third-order valence-corrected chi connectivity index (χ3v) is 6.09. The highest BCUT2D eigenvalue weighted by Crippen LogP contribution is 2.27. The zero-order valence-electron chi connectivity index (χ0n) is 17.5. The Bertz CT molecular complexity index is 858. The van der Waals surface area contributed by atoms with E-state index in [-0.39, 0.29) is 11.2 Å². The molecule has 2 aromatic rings. The molecule has 0 aromatic carbocycles. The minimum atomic E-state index is 0.139. The lowest BCUT2D eigenvalue weighted by atomic mass is 9.97. The van der Waals surface area contributed by atoms with Gasteiger partial charge in [0.25, 0.3) is 0 Å². The van der Waals surface area contributed by atoms with Crippen molar-refractivity contribution in [3.8, 4) is 6.07 Å². The van der Waals surface area contributed by atoms with Gasteiger partial charge in [-0.3, -0.25) is 9.80 Å². The Balaban J connectivity index is 1.53. The van der Waals surface area contributed by atoms with Crippen molar-refractivity contribution in [2.24, 2.45) is 5.41 Å². The average Bonchev–Trinajstić information content (AvgIpc) is 3.30. The fourth-order valence-corrected chi connectivity index (χ4v) is 4.71. The molecule has 0 N–H and O–H groups in total. The smallest absolute Gasteiger partial charge is 0.234 e. The number of aromatic nitrogens is 3. The summed E-state index contributed by atoms with van der Waals surface area (Å²) in [5.41, 5.74) is 2.31. The normalized spacial score (nSPS) is 20.1. The molecule has 0 unspecified atom stereocenters. The number of hydrogen-bond donors (Lipinski definition) is 0. The second-order valence-corrected chi connectivity index (χ2v) is 9.62. The Morgan fingerprint density at radius 2 is 1.86 bits per heavy atom. The number of nitrogens with zero attached hydrogens (tertiary/aromatic N) is 6. The molecule has 1 aliphatic carbocycles. The van der Waals surface area contributed by atoms with Crippen LogP contribution in [0.1, 0.15) is 58.0 Å². The van der Waals surface area contributed by atoms with Gasteiger partial charge in [0.15, 0.2) is 0 Å². The molecule has 1 saturated carbocycles. The van der Waals surface area contributed by atoms with E-state index in [9.17, 15) is 5.26 Å². The predicted octanol–water partition coefficient (Wildman–Crippen LogP) is 3.41. The molecule has 0 amide bonds. The molecule has 2 fully saturated rings. The van der Waals surface area contributed by atoms with Gasteiger partial charge in [0.1, 0.15) is 11.7 Å². The van der Waals surface area contributed by atoms with Crippen molar-refractivity contribution in [2.45, 2.75) is 65.6 Å². The van der Waals surface area contributed by atoms with Gasteiger partial charge in [-0.2, -0.15) is 5.26 Å². The predicted molar refractivity (Wildman–Crippen MR) is 111 cm³/mol. The lowest BCUT2D eigenvalue weighted by Gasteiger charge is -2.38. The van der Waals surface area contributed by atoms with Crippen molar-refractivity contribution in [2.75, 3.05) is 26.2 Å². The van der Waals surface area contributed by atoms with Gasteiger partial charge in [-0.1, -0.05) is 33.6 Å². The minimum absolute atomic E-state index is 0.139. The maximum atomic E-state index is 9.21. The Hall–Kier alpha value is -1.97. The summed E-state index contributed by atoms with van der Waals surface area (Å²) in [6.45, 7) is 13.2. The van der Waals surface area contributed by atoms with Crippen LogP contribution in [0.2, 0.25) is 0 Å². The third kappa shape index (κ3) is 4.21. The highest BCUT2D eigenvalue weighted by atomic mass is 15.3. The average molecular weight is 381 g/mol. The summed E-state index contributed by atoms with van der Waals surface area (Å²) < 4.78 is 2.31. The summed E-state index contributed by atoms with van der Waals surface area (Å²) in [7, 11) is 0. The molecule has 0 radical (unpaired) electrons. The molecule has 0 atom stereocenters. The van der Waals surface area contributed by atoms with Crippen LogP contribution in [0.4, 0.5) is 0 Å². The van der Waals surface area contributed by atoms with Gasteiger partial charge in [0.05, 0.1) is 0 Å². The Kier molecular flexibility index (Phi) is 5.39. The van der Waals surface area contributed by atoms with Crippen molar-refractivity contribution >= 4 is 11.0 Å². The Labute approximate surface area is 168 Å². The van der Waals surface area contributed by atoms with E-state index in [1.807, 2.05) is 0 Å². The van der Waals surface area contributed by atoms with Gasteiger partial charge >= 0.3 is 0 Å². The molecule has 28 heavy (non-hydrogen) atoms. The van der Waals surface area contributed by atoms with Crippen molar-refractivity contribution < 1.29 is 0 Å². The second-order valence-electron chi connectivity index (χ2n) is 9.62. The molecule has 150 valence electrons. The largest absolute Gasteiger partial charge is 0.328 e. The number of hydrogen-bond acceptors (Lipinski definition) is 5. The van der Waals surface area contributed by atoms with Gasteiger partial charge < -0.3 is 4.57 Å². The molecule has 2 aromatic heterocycles. The zero-order chi connectivity index (χ0) is 19.7. The summed E-state index contributed by atoms with van der Waals surface area (Å²) in [5, 5.41) is 10.2. The Morgan fingerprint density at radius 3 is 2.50 bits per heavy atom. The summed E-state index contributed by atoms with van der Waals surface area (Å²) >= 11 is 0. The van der Waals surface area contributed by atoms with Gasteiger partial charge in [0.2, 0.25) is 5.82 Å². The zero-order valence-corrected chi connectivity index (χ0v) is 17.5. The van der Waals surface area contributed by atoms with E-state index in [4.69, 9.17) is 0 Å². The first-order valence-corrected chi connectivity index (χ1v) is 10.6. The van der Waals surface area contributed by atoms with Crippen LogP contribution in [-0.2, 0) is 13.1 Å². The standard InChI is InChI=1S/C22H32N6/c1-22(2,3)16-28-19(12-17-14-24-20(13-23)25-21(17)28)15-26-8-10-27(11-9-26)18-6-4-5-7-18/h12,14,18H,4-11,15-16H2,1-3H3. The summed E-state index contributed by atoms with van der Waals surface area (Å²) in [6.07, 6.45) is 7.38. The number of piperazine rings is 1. The number of rotatable bonds is 4. The fourth-order valence-electron chi connectivity index (χ4n) is 4.71. The molecule has 1 saturated heterocycles. The highest BCUT2D eigenvalue weighted by Gasteiger charge is 2.27. The summed E-state index contributed by atoms with van der Waals surface area (Å²) in [5.74, 6) is 0.248. The first-order valence-electron chi connectivity index (χ1n) is 10.6. The van der Waals surface area contributed by atoms with Gasteiger partial charge in [-0.25, -0.2) is 9.97 Å². The maximum Gasteiger partial charge on any atom is 0.234 e. The van der Waals surface area contributed by atoms with E-state index in [2.05, 4.69) is 57.2 Å². The van der Waals surface area contributed by atoms with Gasteiger partial charge in [0, 0.05) is 62.6 Å². The lowest BCUT2D eigenvalue weighted by Crippen LogP contribution is -2.49. The molecule has 1 aliphatic heterocycles. The van der Waals surface area contributed by atoms with Crippen LogP contribution in [0.3, 0.4) is 0 Å². The molecular weight excluding hydrogens is 348 g/mol. The second kappa shape index (κ2) is 7.81. The Morgan fingerprint density at radius 1 is 1.14 bits per heavy atom. The highest BCUT2D eigenvalue weighted by molar-refractivity contribution is 5.77. The molecule has 4 rings (SSSR count). The lowest BCUT2D eigenvalue weighted by molar-refractivity contribution is 0.0920. The van der Waals surface area contributed by atoms with Crippen molar-refractivity contribution in [3.63, 3.8) is 0 Å². The van der Waals surface area contributed by atoms with Crippen molar-refractivity contribution in [1.82, 2.24) is 24.3 Å². The summed E-state index contributed by atoms with van der Waals surface area (Å²) in [4.78, 5) is 14.0. The van der Waals surface area contributed by atoms with Gasteiger partial charge in [-0.05, 0) is 24.3 Å². The topological polar surface area (TPSA) is 61.0 Å². The summed E-state index contributed by atoms with van der Waals surface area (Å²) in [6, 6.07) is 5.12. The van der Waals surface area contributed by atoms with E-state index in [0.717, 1.165) is 43.3 Å². The molecule has 6 heteroatoms. The van der Waals surface area contributed by atoms with Crippen LogP contribution < -0.4 is 0 Å². The quantitative estimate of drug-likeness (QED) is 0.813. The monoisotopic (exact) mass is 380 g/mol. The first-order chi connectivity index (χ1) is 13.4. The fraction of sp³-hybridized carbons (Fsp3) is 0.682. The van der Waals surface area contributed by atoms with Crippen molar-refractivity contribution in [3.05, 3.63) is 23.8 Å². The maximum absolute atomic E-state index is 9.21. The molecule has 0 spiro atoms. The van der Waals surface area contributed by atoms with Crippen LogP contribution in [0.25, 0.3) is 11.0 Å². The van der Waals surface area contributed by atoms with Crippen LogP contribution in [0.15, 0.2) is 12.3 Å². The minimum Gasteiger partial charge on any atom is -0.328 e. The van der Waals surface area contributed by atoms with Crippen LogP contribution in [-0.4, -0.2) is 56.6 Å². The van der Waals surface area contributed by atoms with E-state index in [1.165, 1.54) is 44.5 Å². The molecule has 6 nitrogen and oxygen atoms in total. The first kappa shape index (κ1) is 19.4. The van der Waals surface area contributed by atoms with E-state index in [0.29, 0.717) is 0 Å². The van der Waals surface area contributed by atoms with Crippen LogP contribution in [0, 0.1) is 16.7 Å². The number of nitriles is 1. The number of fused-ring (bicyclic) bond motifs is 1. The molecule has 2 aliphatic rings. The van der Waals surface area contributed by atoms with Gasteiger partial charge in [-0.15, -0.1) is 0 Å².